The van der Waals surface area contributed by atoms with Crippen molar-refractivity contribution < 1.29 is 0 Å². The Kier molecular flexibility index (Phi) is 31.6. The lowest BCUT2D eigenvalue weighted by Gasteiger charge is -2.36. The molecule has 5 aromatic rings. The summed E-state index contributed by atoms with van der Waals surface area (Å²) in [7, 11) is 0. The Morgan fingerprint density at radius 3 is 0.925 bits per heavy atom. The normalized spacial score (nSPS) is 15.6. The molecule has 0 atom stereocenters. The van der Waals surface area contributed by atoms with Crippen LogP contribution in [0.2, 0.25) is 0 Å². The van der Waals surface area contributed by atoms with Crippen molar-refractivity contribution in [1.29, 1.82) is 0 Å². The fourth-order valence-electron chi connectivity index (χ4n) is 11.2. The summed E-state index contributed by atoms with van der Waals surface area (Å²) in [4.78, 5) is 0. The third kappa shape index (κ3) is 27.7. The first kappa shape index (κ1) is 71.9. The van der Waals surface area contributed by atoms with Crippen molar-refractivity contribution in [2.24, 2.45) is 34.0 Å². The van der Waals surface area contributed by atoms with Crippen molar-refractivity contribution in [1.82, 2.24) is 0 Å². The van der Waals surface area contributed by atoms with Crippen LogP contribution in [-0.4, -0.2) is 0 Å². The molecule has 3 aliphatic carbocycles. The van der Waals surface area contributed by atoms with Gasteiger partial charge in [-0.15, -0.1) is 0 Å². The average molecular weight is 1090 g/mol. The Balaban J connectivity index is 0.000000321. The van der Waals surface area contributed by atoms with Crippen LogP contribution in [0, 0.1) is 34.0 Å². The van der Waals surface area contributed by atoms with Crippen molar-refractivity contribution in [3.05, 3.63) is 180 Å². The summed E-state index contributed by atoms with van der Waals surface area (Å²) in [6, 6.07) is 55.2. The molecule has 0 aliphatic heterocycles. The molecule has 8 rings (SSSR count). The maximum atomic E-state index is 2.43. The molecule has 0 spiro atoms. The van der Waals surface area contributed by atoms with Gasteiger partial charge in [-0.2, -0.15) is 0 Å². The minimum absolute atomic E-state index is 0.206. The molecule has 0 heteroatoms. The first-order chi connectivity index (χ1) is 37.4. The summed E-state index contributed by atoms with van der Waals surface area (Å²) in [6.07, 6.45) is 24.4. The SMILES string of the molecule is CC(C)(C)C1CCCC1.CC(C)(C)C1CCCCC1.CC(C)(C)c1ccccc1.CC(C)(C)c1ccccccccc1.CCC(C)(C)C1CCCCC1.CCC(C)(C)c1cccc2ccccc12.CCC(C)(C)c1ccccc1. The summed E-state index contributed by atoms with van der Waals surface area (Å²) in [5.74, 6) is 3.03. The average Bonchev–Trinajstić information content (AvgIpc) is 4.01. The second-order valence-corrected chi connectivity index (χ2v) is 30.1. The highest BCUT2D eigenvalue weighted by Crippen LogP contribution is 2.41. The van der Waals surface area contributed by atoms with Crippen molar-refractivity contribution in [3.8, 4) is 0 Å². The zero-order valence-electron chi connectivity index (χ0n) is 56.3. The van der Waals surface area contributed by atoms with Gasteiger partial charge in [0.15, 0.2) is 0 Å². The summed E-state index contributed by atoms with van der Waals surface area (Å²) >= 11 is 0. The third-order valence-corrected chi connectivity index (χ3v) is 18.6. The fraction of sp³-hybridized carbons (Fsp3) is 0.600. The van der Waals surface area contributed by atoms with Gasteiger partial charge in [0.2, 0.25) is 0 Å². The Bertz CT molecular complexity index is 2370. The van der Waals surface area contributed by atoms with Gasteiger partial charge in [0.05, 0.1) is 0 Å². The minimum Gasteiger partial charge on any atom is -0.0649 e. The first-order valence-electron chi connectivity index (χ1n) is 32.4. The molecule has 0 radical (unpaired) electrons. The predicted molar refractivity (Wildman–Crippen MR) is 363 cm³/mol. The largest absolute Gasteiger partial charge is 0.0649 e. The highest BCUT2D eigenvalue weighted by molar-refractivity contribution is 5.86. The number of hydrogen-bond donors (Lipinski definition) is 0. The molecule has 3 saturated carbocycles. The monoisotopic (exact) mass is 1090 g/mol. The minimum atomic E-state index is 0.206. The summed E-state index contributed by atoms with van der Waals surface area (Å²) in [5.41, 5.74) is 8.49. The van der Waals surface area contributed by atoms with E-state index in [1.165, 1.54) is 142 Å². The summed E-state index contributed by atoms with van der Waals surface area (Å²) in [6.45, 7) is 48.4. The van der Waals surface area contributed by atoms with Gasteiger partial charge in [-0.3, -0.25) is 0 Å². The molecule has 3 fully saturated rings. The summed E-state index contributed by atoms with van der Waals surface area (Å²) in [5, 5.41) is 2.74. The van der Waals surface area contributed by atoms with E-state index in [1.54, 1.807) is 0 Å². The topological polar surface area (TPSA) is 0 Å². The van der Waals surface area contributed by atoms with Crippen LogP contribution in [0.4, 0.5) is 0 Å². The van der Waals surface area contributed by atoms with E-state index in [9.17, 15) is 0 Å². The smallest absolute Gasteiger partial charge is 0.0100 e. The third-order valence-electron chi connectivity index (χ3n) is 18.6. The van der Waals surface area contributed by atoms with Crippen LogP contribution in [0.3, 0.4) is 0 Å². The van der Waals surface area contributed by atoms with Gasteiger partial charge < -0.3 is 0 Å². The van der Waals surface area contributed by atoms with Gasteiger partial charge in [0.25, 0.3) is 0 Å². The van der Waals surface area contributed by atoms with Crippen LogP contribution in [-0.2, 0) is 21.7 Å². The van der Waals surface area contributed by atoms with Crippen LogP contribution in [0.15, 0.2) is 158 Å². The van der Waals surface area contributed by atoms with E-state index in [1.807, 2.05) is 18.2 Å². The van der Waals surface area contributed by atoms with E-state index >= 15 is 0 Å². The van der Waals surface area contributed by atoms with Crippen molar-refractivity contribution in [3.63, 3.8) is 0 Å². The van der Waals surface area contributed by atoms with Gasteiger partial charge >= 0.3 is 0 Å². The van der Waals surface area contributed by atoms with E-state index in [0.29, 0.717) is 27.1 Å². The molecule has 446 valence electrons. The van der Waals surface area contributed by atoms with E-state index in [0.717, 1.165) is 17.8 Å². The van der Waals surface area contributed by atoms with E-state index in [4.69, 9.17) is 0 Å². The molecule has 5 aromatic carbocycles. The van der Waals surface area contributed by atoms with Gasteiger partial charge in [-0.1, -0.05) is 361 Å². The molecule has 0 heterocycles. The molecule has 3 aliphatic rings. The predicted octanol–water partition coefficient (Wildman–Crippen LogP) is 25.8. The summed E-state index contributed by atoms with van der Waals surface area (Å²) < 4.78 is 0. The molecule has 80 heavy (non-hydrogen) atoms. The lowest BCUT2D eigenvalue weighted by Crippen LogP contribution is -2.25. The van der Waals surface area contributed by atoms with Gasteiger partial charge in [0.1, 0.15) is 0 Å². The number of fused-ring (bicyclic) bond motifs is 1. The van der Waals surface area contributed by atoms with Crippen LogP contribution < -0.4 is 0 Å². The molecule has 0 unspecified atom stereocenters. The van der Waals surface area contributed by atoms with Crippen molar-refractivity contribution >= 4 is 10.8 Å². The highest BCUT2D eigenvalue weighted by Gasteiger charge is 2.29. The maximum Gasteiger partial charge on any atom is -0.0100 e. The fourth-order valence-corrected chi connectivity index (χ4v) is 11.2. The Morgan fingerprint density at radius 1 is 0.287 bits per heavy atom. The zero-order valence-corrected chi connectivity index (χ0v) is 56.3. The molecule has 0 aromatic heterocycles. The Hall–Kier alpha value is -4.16. The number of rotatable bonds is 6. The van der Waals surface area contributed by atoms with Crippen LogP contribution >= 0.6 is 0 Å². The van der Waals surface area contributed by atoms with Crippen LogP contribution in [0.5, 0.6) is 0 Å². The molecular formula is C80H126. The van der Waals surface area contributed by atoms with E-state index in [-0.39, 0.29) is 10.8 Å². The van der Waals surface area contributed by atoms with Crippen LogP contribution in [0.25, 0.3) is 10.8 Å². The molecule has 0 bridgehead atoms. The van der Waals surface area contributed by atoms with E-state index < -0.39 is 0 Å². The van der Waals surface area contributed by atoms with Crippen LogP contribution in [0.1, 0.15) is 277 Å². The Labute approximate surface area is 498 Å². The molecule has 0 amide bonds. The quantitative estimate of drug-likeness (QED) is 0.159. The van der Waals surface area contributed by atoms with Gasteiger partial charge in [0, 0.05) is 0 Å². The number of hydrogen-bond acceptors (Lipinski definition) is 0. The highest BCUT2D eigenvalue weighted by atomic mass is 14.3. The Morgan fingerprint density at radius 2 is 0.588 bits per heavy atom. The van der Waals surface area contributed by atoms with Gasteiger partial charge in [-0.05, 0) is 140 Å². The van der Waals surface area contributed by atoms with Crippen molar-refractivity contribution in [2.75, 3.05) is 0 Å². The van der Waals surface area contributed by atoms with Crippen molar-refractivity contribution in [2.45, 2.75) is 276 Å². The first-order valence-corrected chi connectivity index (χ1v) is 32.4. The molecule has 0 nitrogen and oxygen atoms in total. The number of benzene rings is 4. The molecule has 0 N–H and O–H groups in total. The zero-order chi connectivity index (χ0) is 60.1. The second-order valence-electron chi connectivity index (χ2n) is 30.1. The molecule has 0 saturated heterocycles. The van der Waals surface area contributed by atoms with Gasteiger partial charge in [-0.25, -0.2) is 0 Å². The molecular weight excluding hydrogens is 961 g/mol. The lowest BCUT2D eigenvalue weighted by atomic mass is 9.70. The van der Waals surface area contributed by atoms with E-state index in [2.05, 4.69) is 285 Å². The standard InChI is InChI=1S/C15H18.C14H18.C11H22.C11H16.C10H20.C10H14.C9H18/c1-4-15(2,3)14-11-7-9-12-8-5-6-10-13(12)14;1-14(2,3)13-11-9-7-5-4-6-8-10-12-13;2*1-4-11(2,3)10-8-6-5-7-9-10;2*1-10(2,3)9-7-5-4-6-8-9;1-9(2,3)8-6-4-5-7-8/h5-11H,4H2,1-3H3;4-12H,1-3H3;10H,4-9H2,1-3H3;5-9H,4H2,1-3H3;9H,4-8H2,1-3H3;4-8H,1-3H3;8H,4-7H2,1-3H3. The second kappa shape index (κ2) is 35.1. The maximum absolute atomic E-state index is 2.43. The lowest BCUT2D eigenvalue weighted by molar-refractivity contribution is 0.152.